The Morgan fingerprint density at radius 2 is 2.07 bits per heavy atom. The van der Waals surface area contributed by atoms with E-state index in [0.717, 1.165) is 24.7 Å². The van der Waals surface area contributed by atoms with Gasteiger partial charge in [0.1, 0.15) is 0 Å². The largest absolute Gasteiger partial charge is 0.366 e. The van der Waals surface area contributed by atoms with Crippen molar-refractivity contribution < 1.29 is 0 Å². The van der Waals surface area contributed by atoms with Crippen LogP contribution in [0, 0.1) is 0 Å². The zero-order valence-electron chi connectivity index (χ0n) is 8.28. The lowest BCUT2D eigenvalue weighted by atomic mass is 10.2. The van der Waals surface area contributed by atoms with Gasteiger partial charge in [-0.1, -0.05) is 11.6 Å². The van der Waals surface area contributed by atoms with Gasteiger partial charge in [-0.3, -0.25) is 0 Å². The molecular formula is C11H14ClN2. The van der Waals surface area contributed by atoms with E-state index in [4.69, 9.17) is 11.6 Å². The van der Waals surface area contributed by atoms with Crippen LogP contribution in [0.2, 0.25) is 5.02 Å². The van der Waals surface area contributed by atoms with Crippen molar-refractivity contribution in [1.29, 1.82) is 0 Å². The SMILES string of the molecule is CC1C[N]CCN1c1ccc(Cl)cc1. The molecule has 1 heterocycles. The molecule has 0 aromatic heterocycles. The van der Waals surface area contributed by atoms with Crippen molar-refractivity contribution >= 4 is 17.3 Å². The molecule has 0 amide bonds. The highest BCUT2D eigenvalue weighted by molar-refractivity contribution is 6.30. The van der Waals surface area contributed by atoms with Crippen LogP contribution in [0.15, 0.2) is 24.3 Å². The second-order valence-electron chi connectivity index (χ2n) is 3.65. The van der Waals surface area contributed by atoms with Gasteiger partial charge < -0.3 is 4.90 Å². The van der Waals surface area contributed by atoms with E-state index >= 15 is 0 Å². The molecule has 14 heavy (non-hydrogen) atoms. The minimum Gasteiger partial charge on any atom is -0.366 e. The topological polar surface area (TPSA) is 17.3 Å². The summed E-state index contributed by atoms with van der Waals surface area (Å²) < 4.78 is 0. The number of benzene rings is 1. The normalized spacial score (nSPS) is 22.4. The summed E-state index contributed by atoms with van der Waals surface area (Å²) in [6, 6.07) is 8.53. The molecule has 75 valence electrons. The van der Waals surface area contributed by atoms with Crippen molar-refractivity contribution in [3.8, 4) is 0 Å². The van der Waals surface area contributed by atoms with Crippen molar-refractivity contribution in [1.82, 2.24) is 5.32 Å². The number of hydrogen-bond acceptors (Lipinski definition) is 1. The van der Waals surface area contributed by atoms with Gasteiger partial charge in [0.2, 0.25) is 0 Å². The van der Waals surface area contributed by atoms with Gasteiger partial charge in [-0.15, -0.1) is 0 Å². The summed E-state index contributed by atoms with van der Waals surface area (Å²) in [6.07, 6.45) is 0. The molecule has 2 rings (SSSR count). The fraction of sp³-hybridized carbons (Fsp3) is 0.455. The maximum Gasteiger partial charge on any atom is 0.0407 e. The predicted molar refractivity (Wildman–Crippen MR) is 60.1 cm³/mol. The minimum absolute atomic E-state index is 0.505. The summed E-state index contributed by atoms with van der Waals surface area (Å²) in [4.78, 5) is 2.38. The molecular weight excluding hydrogens is 196 g/mol. The second kappa shape index (κ2) is 4.20. The Morgan fingerprint density at radius 3 is 2.71 bits per heavy atom. The summed E-state index contributed by atoms with van der Waals surface area (Å²) in [5.41, 5.74) is 1.25. The first-order valence-electron chi connectivity index (χ1n) is 4.93. The van der Waals surface area contributed by atoms with Gasteiger partial charge in [0.25, 0.3) is 0 Å². The zero-order valence-corrected chi connectivity index (χ0v) is 9.04. The Bertz CT molecular complexity index is 297. The van der Waals surface area contributed by atoms with Gasteiger partial charge in [0.15, 0.2) is 0 Å². The van der Waals surface area contributed by atoms with Crippen LogP contribution in [-0.2, 0) is 0 Å². The number of rotatable bonds is 1. The third-order valence-electron chi connectivity index (χ3n) is 2.58. The van der Waals surface area contributed by atoms with E-state index in [1.807, 2.05) is 12.1 Å². The van der Waals surface area contributed by atoms with Crippen LogP contribution in [0.5, 0.6) is 0 Å². The van der Waals surface area contributed by atoms with Crippen molar-refractivity contribution in [3.05, 3.63) is 29.3 Å². The fourth-order valence-corrected chi connectivity index (χ4v) is 1.92. The quantitative estimate of drug-likeness (QED) is 0.693. The zero-order chi connectivity index (χ0) is 9.97. The Labute approximate surface area is 89.9 Å². The molecule has 0 spiro atoms. The van der Waals surface area contributed by atoms with Crippen molar-refractivity contribution in [2.75, 3.05) is 24.5 Å². The molecule has 1 atom stereocenters. The molecule has 0 aliphatic carbocycles. The van der Waals surface area contributed by atoms with Crippen LogP contribution < -0.4 is 10.2 Å². The summed E-state index contributed by atoms with van der Waals surface area (Å²) in [6.45, 7) is 5.09. The van der Waals surface area contributed by atoms with Gasteiger partial charge in [-0.05, 0) is 31.2 Å². The first-order valence-corrected chi connectivity index (χ1v) is 5.30. The molecule has 0 N–H and O–H groups in total. The number of halogens is 1. The lowest BCUT2D eigenvalue weighted by molar-refractivity contribution is 0.493. The summed E-state index contributed by atoms with van der Waals surface area (Å²) >= 11 is 5.85. The minimum atomic E-state index is 0.505. The lowest BCUT2D eigenvalue weighted by Crippen LogP contribution is -2.47. The highest BCUT2D eigenvalue weighted by Crippen LogP contribution is 2.20. The molecule has 0 saturated carbocycles. The molecule has 1 fully saturated rings. The van der Waals surface area contributed by atoms with E-state index < -0.39 is 0 Å². The van der Waals surface area contributed by atoms with Gasteiger partial charge in [-0.25, -0.2) is 5.32 Å². The monoisotopic (exact) mass is 209 g/mol. The highest BCUT2D eigenvalue weighted by atomic mass is 35.5. The van der Waals surface area contributed by atoms with E-state index in [1.54, 1.807) is 0 Å². The molecule has 1 aromatic carbocycles. The molecule has 1 aromatic rings. The van der Waals surface area contributed by atoms with Gasteiger partial charge in [-0.2, -0.15) is 0 Å². The first kappa shape index (κ1) is 9.81. The molecule has 1 saturated heterocycles. The number of hydrogen-bond donors (Lipinski definition) is 0. The first-order chi connectivity index (χ1) is 6.77. The van der Waals surface area contributed by atoms with Crippen LogP contribution in [0.3, 0.4) is 0 Å². The average Bonchev–Trinajstić information content (AvgIpc) is 2.20. The molecule has 1 radical (unpaired) electrons. The van der Waals surface area contributed by atoms with Crippen LogP contribution >= 0.6 is 11.6 Å². The maximum absolute atomic E-state index is 5.85. The fourth-order valence-electron chi connectivity index (χ4n) is 1.79. The lowest BCUT2D eigenvalue weighted by Gasteiger charge is -2.35. The van der Waals surface area contributed by atoms with E-state index in [-0.39, 0.29) is 0 Å². The number of nitrogens with zero attached hydrogens (tertiary/aromatic N) is 2. The number of anilines is 1. The molecule has 3 heteroatoms. The third-order valence-corrected chi connectivity index (χ3v) is 2.83. The van der Waals surface area contributed by atoms with Gasteiger partial charge in [0.05, 0.1) is 0 Å². The molecule has 2 nitrogen and oxygen atoms in total. The van der Waals surface area contributed by atoms with Crippen LogP contribution in [0.1, 0.15) is 6.92 Å². The molecule has 1 unspecified atom stereocenters. The highest BCUT2D eigenvalue weighted by Gasteiger charge is 2.18. The Balaban J connectivity index is 2.16. The van der Waals surface area contributed by atoms with Crippen molar-refractivity contribution in [2.24, 2.45) is 0 Å². The van der Waals surface area contributed by atoms with Crippen molar-refractivity contribution in [3.63, 3.8) is 0 Å². The van der Waals surface area contributed by atoms with Crippen LogP contribution in [-0.4, -0.2) is 25.7 Å². The number of piperazine rings is 1. The van der Waals surface area contributed by atoms with E-state index in [1.165, 1.54) is 5.69 Å². The maximum atomic E-state index is 5.85. The summed E-state index contributed by atoms with van der Waals surface area (Å²) in [5.74, 6) is 0. The van der Waals surface area contributed by atoms with Crippen LogP contribution in [0.25, 0.3) is 0 Å². The third kappa shape index (κ3) is 2.02. The Kier molecular flexibility index (Phi) is 2.94. The summed E-state index contributed by atoms with van der Waals surface area (Å²) in [7, 11) is 0. The smallest absolute Gasteiger partial charge is 0.0407 e. The summed E-state index contributed by atoms with van der Waals surface area (Å²) in [5, 5.41) is 5.18. The van der Waals surface area contributed by atoms with Gasteiger partial charge in [0, 0.05) is 36.4 Å². The second-order valence-corrected chi connectivity index (χ2v) is 4.09. The van der Waals surface area contributed by atoms with Crippen molar-refractivity contribution in [2.45, 2.75) is 13.0 Å². The van der Waals surface area contributed by atoms with Crippen LogP contribution in [0.4, 0.5) is 5.69 Å². The predicted octanol–water partition coefficient (Wildman–Crippen LogP) is 2.15. The Hall–Kier alpha value is -0.730. The average molecular weight is 210 g/mol. The van der Waals surface area contributed by atoms with E-state index in [0.29, 0.717) is 6.04 Å². The van der Waals surface area contributed by atoms with Gasteiger partial charge >= 0.3 is 0 Å². The van der Waals surface area contributed by atoms with E-state index in [9.17, 15) is 0 Å². The molecule has 1 aliphatic heterocycles. The Morgan fingerprint density at radius 1 is 1.36 bits per heavy atom. The molecule has 1 aliphatic rings. The standard InChI is InChI=1S/C11H14ClN2/c1-9-8-13-6-7-14(9)11-4-2-10(12)3-5-11/h2-5,9H,6-8H2,1H3. The van der Waals surface area contributed by atoms with E-state index in [2.05, 4.69) is 29.3 Å². The molecule has 0 bridgehead atoms.